The molecule has 7 heteroatoms. The zero-order chi connectivity index (χ0) is 12.4. The minimum atomic E-state index is 0. The molecule has 0 aliphatic heterocycles. The molecule has 0 spiro atoms. The van der Waals surface area contributed by atoms with E-state index in [1.54, 1.807) is 24.0 Å². The maximum atomic E-state index is 5.83. The Kier molecular flexibility index (Phi) is 4.49. The Hall–Kier alpha value is -1.82. The minimum Gasteiger partial charge on any atom is -0.495 e. The lowest BCUT2D eigenvalue weighted by atomic mass is 10.2. The van der Waals surface area contributed by atoms with Gasteiger partial charge in [-0.1, -0.05) is 0 Å². The normalized spacial score (nSPS) is 10.2. The topological polar surface area (TPSA) is 78.9 Å². The van der Waals surface area contributed by atoms with Crippen molar-refractivity contribution in [3.63, 3.8) is 0 Å². The molecule has 2 N–H and O–H groups in total. The lowest BCUT2D eigenvalue weighted by molar-refractivity contribution is 0.417. The fraction of sp³-hybridized carbons (Fsp3) is 0.364. The number of hydrogen-bond donors (Lipinski definition) is 1. The molecule has 0 radical (unpaired) electrons. The fourth-order valence-electron chi connectivity index (χ4n) is 1.43. The van der Waals surface area contributed by atoms with Gasteiger partial charge in [0.2, 0.25) is 5.82 Å². The van der Waals surface area contributed by atoms with Gasteiger partial charge in [0, 0.05) is 5.56 Å². The van der Waals surface area contributed by atoms with Crippen LogP contribution in [0, 0.1) is 0 Å². The van der Waals surface area contributed by atoms with E-state index in [0.717, 1.165) is 5.56 Å². The average Bonchev–Trinajstić information content (AvgIpc) is 2.78. The monoisotopic (exact) mass is 269 g/mol. The SMILES string of the molecule is COc1ccc(-c2nnn(C(C)C)n2)cc1N.Cl. The molecular formula is C11H16ClN5O. The summed E-state index contributed by atoms with van der Waals surface area (Å²) in [5.41, 5.74) is 7.22. The number of rotatable bonds is 3. The molecule has 0 aliphatic rings. The van der Waals surface area contributed by atoms with Crippen molar-refractivity contribution in [1.29, 1.82) is 0 Å². The lowest BCUT2D eigenvalue weighted by Gasteiger charge is -2.04. The Bertz CT molecular complexity index is 526. The van der Waals surface area contributed by atoms with Gasteiger partial charge in [0.15, 0.2) is 0 Å². The molecule has 0 saturated heterocycles. The number of nitrogens with zero attached hydrogens (tertiary/aromatic N) is 4. The van der Waals surface area contributed by atoms with E-state index >= 15 is 0 Å². The van der Waals surface area contributed by atoms with Crippen LogP contribution in [0.15, 0.2) is 18.2 Å². The third kappa shape index (κ3) is 2.70. The highest BCUT2D eigenvalue weighted by Gasteiger charge is 2.09. The van der Waals surface area contributed by atoms with E-state index < -0.39 is 0 Å². The van der Waals surface area contributed by atoms with Gasteiger partial charge < -0.3 is 10.5 Å². The van der Waals surface area contributed by atoms with Gasteiger partial charge in [-0.15, -0.1) is 22.6 Å². The van der Waals surface area contributed by atoms with Crippen LogP contribution in [0.1, 0.15) is 19.9 Å². The Morgan fingerprint density at radius 2 is 2.06 bits per heavy atom. The summed E-state index contributed by atoms with van der Waals surface area (Å²) in [6, 6.07) is 5.62. The first-order chi connectivity index (χ1) is 8.11. The van der Waals surface area contributed by atoms with Crippen LogP contribution < -0.4 is 10.5 Å². The van der Waals surface area contributed by atoms with Gasteiger partial charge in [-0.05, 0) is 37.3 Å². The molecule has 98 valence electrons. The summed E-state index contributed by atoms with van der Waals surface area (Å²) in [6.07, 6.45) is 0. The molecule has 1 aromatic carbocycles. The van der Waals surface area contributed by atoms with Crippen molar-refractivity contribution in [2.24, 2.45) is 0 Å². The van der Waals surface area contributed by atoms with E-state index in [4.69, 9.17) is 10.5 Å². The van der Waals surface area contributed by atoms with Gasteiger partial charge >= 0.3 is 0 Å². The summed E-state index contributed by atoms with van der Waals surface area (Å²) in [6.45, 7) is 3.99. The summed E-state index contributed by atoms with van der Waals surface area (Å²) in [5.74, 6) is 1.21. The van der Waals surface area contributed by atoms with Gasteiger partial charge in [0.05, 0.1) is 18.8 Å². The number of benzene rings is 1. The molecule has 2 aromatic rings. The number of hydrogen-bond acceptors (Lipinski definition) is 5. The van der Waals surface area contributed by atoms with Crippen molar-refractivity contribution in [3.8, 4) is 17.1 Å². The molecule has 1 aromatic heterocycles. The fourth-order valence-corrected chi connectivity index (χ4v) is 1.43. The third-order valence-corrected chi connectivity index (χ3v) is 2.38. The molecule has 0 atom stereocenters. The Morgan fingerprint density at radius 1 is 1.33 bits per heavy atom. The van der Waals surface area contributed by atoms with Gasteiger partial charge in [-0.2, -0.15) is 4.80 Å². The summed E-state index contributed by atoms with van der Waals surface area (Å²) >= 11 is 0. The van der Waals surface area contributed by atoms with Gasteiger partial charge in [-0.25, -0.2) is 0 Å². The van der Waals surface area contributed by atoms with Crippen LogP contribution >= 0.6 is 12.4 Å². The number of nitrogen functional groups attached to an aromatic ring is 1. The predicted octanol–water partition coefficient (Wildman–Crippen LogP) is 1.93. The molecule has 18 heavy (non-hydrogen) atoms. The summed E-state index contributed by atoms with van der Waals surface area (Å²) in [7, 11) is 1.58. The largest absolute Gasteiger partial charge is 0.495 e. The molecule has 2 rings (SSSR count). The van der Waals surface area contributed by atoms with Crippen LogP contribution in [0.5, 0.6) is 5.75 Å². The number of tetrazole rings is 1. The van der Waals surface area contributed by atoms with Crippen molar-refractivity contribution < 1.29 is 4.74 Å². The number of ether oxygens (including phenoxy) is 1. The molecule has 0 aliphatic carbocycles. The minimum absolute atomic E-state index is 0. The van der Waals surface area contributed by atoms with E-state index in [1.165, 1.54) is 0 Å². The van der Waals surface area contributed by atoms with Crippen LogP contribution in [0.3, 0.4) is 0 Å². The molecule has 0 bridgehead atoms. The number of aromatic nitrogens is 4. The third-order valence-electron chi connectivity index (χ3n) is 2.38. The van der Waals surface area contributed by atoms with Crippen LogP contribution in [0.25, 0.3) is 11.4 Å². The first kappa shape index (κ1) is 14.2. The second-order valence-corrected chi connectivity index (χ2v) is 3.98. The summed E-state index contributed by atoms with van der Waals surface area (Å²) < 4.78 is 5.09. The van der Waals surface area contributed by atoms with Crippen LogP contribution in [-0.4, -0.2) is 27.3 Å². The van der Waals surface area contributed by atoms with E-state index in [-0.39, 0.29) is 18.4 Å². The zero-order valence-electron chi connectivity index (χ0n) is 10.5. The molecule has 0 saturated carbocycles. The first-order valence-corrected chi connectivity index (χ1v) is 5.35. The highest BCUT2D eigenvalue weighted by molar-refractivity contribution is 5.85. The zero-order valence-corrected chi connectivity index (χ0v) is 11.3. The van der Waals surface area contributed by atoms with Crippen molar-refractivity contribution in [2.75, 3.05) is 12.8 Å². The first-order valence-electron chi connectivity index (χ1n) is 5.35. The maximum Gasteiger partial charge on any atom is 0.205 e. The standard InChI is InChI=1S/C11H15N5O.ClH/c1-7(2)16-14-11(13-15-16)8-4-5-10(17-3)9(12)6-8;/h4-7H,12H2,1-3H3;1H. The average molecular weight is 270 g/mol. The van der Waals surface area contributed by atoms with Crippen LogP contribution in [0.4, 0.5) is 5.69 Å². The lowest BCUT2D eigenvalue weighted by Crippen LogP contribution is -2.04. The number of nitrogens with two attached hydrogens (primary N) is 1. The number of halogens is 1. The second-order valence-electron chi connectivity index (χ2n) is 3.98. The second kappa shape index (κ2) is 5.68. The van der Waals surface area contributed by atoms with E-state index in [1.807, 2.05) is 19.9 Å². The van der Waals surface area contributed by atoms with E-state index in [9.17, 15) is 0 Å². The predicted molar refractivity (Wildman–Crippen MR) is 71.9 cm³/mol. The molecule has 0 amide bonds. The van der Waals surface area contributed by atoms with Crippen molar-refractivity contribution in [1.82, 2.24) is 20.2 Å². The van der Waals surface area contributed by atoms with Crippen LogP contribution in [-0.2, 0) is 0 Å². The van der Waals surface area contributed by atoms with Gasteiger partial charge in [-0.3, -0.25) is 0 Å². The molecular weight excluding hydrogens is 254 g/mol. The smallest absolute Gasteiger partial charge is 0.205 e. The molecule has 0 fully saturated rings. The maximum absolute atomic E-state index is 5.83. The molecule has 1 heterocycles. The highest BCUT2D eigenvalue weighted by atomic mass is 35.5. The Balaban J connectivity index is 0.00000162. The van der Waals surface area contributed by atoms with E-state index in [2.05, 4.69) is 15.4 Å². The van der Waals surface area contributed by atoms with E-state index in [0.29, 0.717) is 17.3 Å². The van der Waals surface area contributed by atoms with Gasteiger partial charge in [0.25, 0.3) is 0 Å². The molecule has 0 unspecified atom stereocenters. The molecule has 6 nitrogen and oxygen atoms in total. The summed E-state index contributed by atoms with van der Waals surface area (Å²) in [5, 5.41) is 12.2. The Labute approximate surface area is 112 Å². The quantitative estimate of drug-likeness (QED) is 0.862. The summed E-state index contributed by atoms with van der Waals surface area (Å²) in [4.78, 5) is 1.57. The van der Waals surface area contributed by atoms with Crippen LogP contribution in [0.2, 0.25) is 0 Å². The highest BCUT2D eigenvalue weighted by Crippen LogP contribution is 2.26. The number of methoxy groups -OCH3 is 1. The van der Waals surface area contributed by atoms with Crippen molar-refractivity contribution in [3.05, 3.63) is 18.2 Å². The van der Waals surface area contributed by atoms with Gasteiger partial charge in [0.1, 0.15) is 5.75 Å². The van der Waals surface area contributed by atoms with Crippen molar-refractivity contribution in [2.45, 2.75) is 19.9 Å². The number of anilines is 1. The Morgan fingerprint density at radius 3 is 2.56 bits per heavy atom. The van der Waals surface area contributed by atoms with Crippen molar-refractivity contribution >= 4 is 18.1 Å².